The first-order valence-electron chi connectivity index (χ1n) is 7.27. The van der Waals surface area contributed by atoms with E-state index in [0.29, 0.717) is 10.8 Å². The minimum atomic E-state index is -0.890. The Balaban J connectivity index is 1.91. The van der Waals surface area contributed by atoms with Crippen LogP contribution in [0, 0.1) is 0 Å². The van der Waals surface area contributed by atoms with Crippen molar-refractivity contribution in [2.24, 2.45) is 0 Å². The number of carbonyl (C=O) groups excluding carboxylic acids is 3. The maximum Gasteiger partial charge on any atom is 0.413 e. The van der Waals surface area contributed by atoms with Crippen molar-refractivity contribution in [3.05, 3.63) is 35.3 Å². The number of aromatic nitrogens is 1. The van der Waals surface area contributed by atoms with E-state index in [1.807, 2.05) is 17.4 Å². The van der Waals surface area contributed by atoms with Gasteiger partial charge < -0.3 is 14.2 Å². The Morgan fingerprint density at radius 2 is 1.88 bits per heavy atom. The van der Waals surface area contributed by atoms with Gasteiger partial charge in [-0.25, -0.2) is 14.6 Å². The number of nitrogens with zero attached hydrogens (tertiary/aromatic N) is 1. The van der Waals surface area contributed by atoms with Crippen LogP contribution >= 0.6 is 11.3 Å². The molecule has 132 valence electrons. The van der Waals surface area contributed by atoms with Crippen LogP contribution < -0.4 is 10.1 Å². The van der Waals surface area contributed by atoms with Crippen LogP contribution in [0.4, 0.5) is 4.79 Å². The molecule has 0 fully saturated rings. The number of nitrogens with one attached hydrogen (secondary N) is 1. The summed E-state index contributed by atoms with van der Waals surface area (Å²) in [6, 6.07) is 7.21. The van der Waals surface area contributed by atoms with Gasteiger partial charge in [0, 0.05) is 10.9 Å². The molecule has 0 spiro atoms. The van der Waals surface area contributed by atoms with Gasteiger partial charge in [0.15, 0.2) is 12.3 Å². The van der Waals surface area contributed by atoms with Gasteiger partial charge in [-0.3, -0.25) is 10.1 Å². The van der Waals surface area contributed by atoms with Crippen molar-refractivity contribution >= 4 is 29.3 Å². The molecule has 2 rings (SSSR count). The number of esters is 1. The second-order valence-corrected chi connectivity index (χ2v) is 5.47. The van der Waals surface area contributed by atoms with E-state index >= 15 is 0 Å². The van der Waals surface area contributed by atoms with Gasteiger partial charge >= 0.3 is 12.1 Å². The molecule has 0 saturated heterocycles. The zero-order valence-electron chi connectivity index (χ0n) is 13.6. The number of hydrogen-bond acceptors (Lipinski definition) is 8. The van der Waals surface area contributed by atoms with Crippen LogP contribution in [0.3, 0.4) is 0 Å². The molecule has 0 aliphatic carbocycles. The highest BCUT2D eigenvalue weighted by molar-refractivity contribution is 7.13. The molecule has 1 N–H and O–H groups in total. The highest BCUT2D eigenvalue weighted by Crippen LogP contribution is 2.25. The van der Waals surface area contributed by atoms with E-state index in [1.54, 1.807) is 26.2 Å². The van der Waals surface area contributed by atoms with E-state index in [4.69, 9.17) is 9.47 Å². The van der Waals surface area contributed by atoms with E-state index in [2.05, 4.69) is 9.72 Å². The Bertz CT molecular complexity index is 756. The molecule has 25 heavy (non-hydrogen) atoms. The van der Waals surface area contributed by atoms with Gasteiger partial charge in [0.25, 0.3) is 5.91 Å². The number of methoxy groups -OCH3 is 1. The smallest absolute Gasteiger partial charge is 0.413 e. The van der Waals surface area contributed by atoms with Crippen LogP contribution in [0.25, 0.3) is 10.6 Å². The molecule has 0 radical (unpaired) electrons. The highest BCUT2D eigenvalue weighted by atomic mass is 32.1. The largest absolute Gasteiger partial charge is 0.497 e. The number of amides is 2. The first kappa shape index (κ1) is 18.4. The van der Waals surface area contributed by atoms with Crippen molar-refractivity contribution in [2.45, 2.75) is 6.92 Å². The lowest BCUT2D eigenvalue weighted by Gasteiger charge is -2.04. The molecule has 0 saturated carbocycles. The fourth-order valence-electron chi connectivity index (χ4n) is 1.76. The van der Waals surface area contributed by atoms with Crippen molar-refractivity contribution in [1.29, 1.82) is 0 Å². The van der Waals surface area contributed by atoms with E-state index in [0.717, 1.165) is 5.56 Å². The molecule has 0 unspecified atom stereocenters. The molecule has 2 aromatic rings. The molecular weight excluding hydrogens is 348 g/mol. The van der Waals surface area contributed by atoms with Crippen molar-refractivity contribution in [3.8, 4) is 16.3 Å². The summed E-state index contributed by atoms with van der Waals surface area (Å²) in [6.45, 7) is 1.13. The summed E-state index contributed by atoms with van der Waals surface area (Å²) in [7, 11) is 1.57. The maximum absolute atomic E-state index is 11.9. The van der Waals surface area contributed by atoms with Crippen LogP contribution in [0.5, 0.6) is 5.75 Å². The molecule has 9 heteroatoms. The number of benzene rings is 1. The second kappa shape index (κ2) is 8.78. The summed E-state index contributed by atoms with van der Waals surface area (Å²) >= 11 is 1.27. The van der Waals surface area contributed by atoms with Gasteiger partial charge in [0.05, 0.1) is 13.7 Å². The summed E-state index contributed by atoms with van der Waals surface area (Å²) in [5, 5.41) is 4.09. The summed E-state index contributed by atoms with van der Waals surface area (Å²) in [6.07, 6.45) is -0.890. The summed E-state index contributed by atoms with van der Waals surface area (Å²) in [5.74, 6) is -0.819. The topological polar surface area (TPSA) is 104 Å². The quantitative estimate of drug-likeness (QED) is 0.784. The maximum atomic E-state index is 11.9. The Labute approximate surface area is 147 Å². The third-order valence-corrected chi connectivity index (χ3v) is 3.79. The molecule has 1 aromatic heterocycles. The average molecular weight is 364 g/mol. The highest BCUT2D eigenvalue weighted by Gasteiger charge is 2.16. The van der Waals surface area contributed by atoms with Gasteiger partial charge in [-0.05, 0) is 31.2 Å². The average Bonchev–Trinajstić information content (AvgIpc) is 3.10. The van der Waals surface area contributed by atoms with Crippen molar-refractivity contribution < 1.29 is 28.6 Å². The number of ether oxygens (including phenoxy) is 3. The first-order valence-corrected chi connectivity index (χ1v) is 8.15. The van der Waals surface area contributed by atoms with Crippen LogP contribution in [-0.4, -0.2) is 43.3 Å². The third-order valence-electron chi connectivity index (χ3n) is 2.90. The molecule has 1 aromatic carbocycles. The molecule has 0 aliphatic rings. The predicted molar refractivity (Wildman–Crippen MR) is 89.5 cm³/mol. The molecule has 2 amide bonds. The standard InChI is InChI=1S/C16H16N2O6S/c1-3-23-16(21)18-13(19)8-24-15(20)12-9-25-14(17-12)10-4-6-11(22-2)7-5-10/h4-7,9H,3,8H2,1-2H3,(H,18,19,21). The minimum Gasteiger partial charge on any atom is -0.497 e. The Hall–Kier alpha value is -2.94. The van der Waals surface area contributed by atoms with Crippen molar-refractivity contribution in [3.63, 3.8) is 0 Å². The lowest BCUT2D eigenvalue weighted by molar-refractivity contribution is -0.123. The number of alkyl carbamates (subject to hydrolysis) is 1. The normalized spacial score (nSPS) is 10.0. The number of thiazole rings is 1. The summed E-state index contributed by atoms with van der Waals surface area (Å²) in [4.78, 5) is 38.6. The summed E-state index contributed by atoms with van der Waals surface area (Å²) < 4.78 is 14.4. The Kier molecular flexibility index (Phi) is 6.47. The molecule has 1 heterocycles. The van der Waals surface area contributed by atoms with Crippen LogP contribution in [0.15, 0.2) is 29.6 Å². The Morgan fingerprint density at radius 3 is 2.52 bits per heavy atom. The van der Waals surface area contributed by atoms with Crippen LogP contribution in [0.1, 0.15) is 17.4 Å². The predicted octanol–water partition coefficient (Wildman–Crippen LogP) is 2.25. The van der Waals surface area contributed by atoms with Gasteiger partial charge in [0.1, 0.15) is 10.8 Å². The molecule has 0 aliphatic heterocycles. The fraction of sp³-hybridized carbons (Fsp3) is 0.250. The number of carbonyl (C=O) groups is 3. The monoisotopic (exact) mass is 364 g/mol. The van der Waals surface area contributed by atoms with Crippen LogP contribution in [0.2, 0.25) is 0 Å². The van der Waals surface area contributed by atoms with Gasteiger partial charge in [0.2, 0.25) is 0 Å². The van der Waals surface area contributed by atoms with E-state index < -0.39 is 24.6 Å². The lowest BCUT2D eigenvalue weighted by atomic mass is 10.2. The van der Waals surface area contributed by atoms with Crippen molar-refractivity contribution in [1.82, 2.24) is 10.3 Å². The molecule has 0 bridgehead atoms. The van der Waals surface area contributed by atoms with Gasteiger partial charge in [-0.1, -0.05) is 0 Å². The number of hydrogen-bond donors (Lipinski definition) is 1. The van der Waals surface area contributed by atoms with E-state index in [1.165, 1.54) is 16.7 Å². The van der Waals surface area contributed by atoms with Gasteiger partial charge in [-0.15, -0.1) is 11.3 Å². The van der Waals surface area contributed by atoms with Crippen molar-refractivity contribution in [2.75, 3.05) is 20.3 Å². The molecule has 0 atom stereocenters. The number of rotatable bonds is 6. The zero-order valence-corrected chi connectivity index (χ0v) is 14.4. The second-order valence-electron chi connectivity index (χ2n) is 4.61. The Morgan fingerprint density at radius 1 is 1.16 bits per heavy atom. The molecular formula is C16H16N2O6S. The van der Waals surface area contributed by atoms with E-state index in [9.17, 15) is 14.4 Å². The van der Waals surface area contributed by atoms with E-state index in [-0.39, 0.29) is 12.3 Å². The minimum absolute atomic E-state index is 0.0831. The first-order chi connectivity index (χ1) is 12.0. The SMILES string of the molecule is CCOC(=O)NC(=O)COC(=O)c1csc(-c2ccc(OC)cc2)n1. The lowest BCUT2D eigenvalue weighted by Crippen LogP contribution is -2.34. The van der Waals surface area contributed by atoms with Gasteiger partial charge in [-0.2, -0.15) is 0 Å². The fourth-order valence-corrected chi connectivity index (χ4v) is 2.55. The molecule has 8 nitrogen and oxygen atoms in total. The third kappa shape index (κ3) is 5.28. The zero-order chi connectivity index (χ0) is 18.2. The summed E-state index contributed by atoms with van der Waals surface area (Å²) in [5.41, 5.74) is 0.907. The van der Waals surface area contributed by atoms with Crippen LogP contribution in [-0.2, 0) is 14.3 Å². The number of imide groups is 1.